The number of nitrogens with zero attached hydrogens (tertiary/aromatic N) is 5. The minimum atomic E-state index is -2.83. The molecule has 4 rings (SSSR count). The molecule has 0 atom stereocenters. The molecule has 3 N–H and O–H groups in total. The molecule has 0 saturated heterocycles. The Hall–Kier alpha value is -3.38. The fourth-order valence-electron chi connectivity index (χ4n) is 4.07. The number of hydrogen-bond acceptors (Lipinski definition) is 6. The number of aromatic nitrogens is 5. The SMILES string of the molecule is CCn1ncc(-c2cc(C(F)F)nc3sc(C(N)=O)c(NC(=O)CCn4nc(C)c(Cl)c4C)c23)c1C. The van der Waals surface area contributed by atoms with E-state index in [4.69, 9.17) is 17.3 Å². The Balaban J connectivity index is 1.80. The Morgan fingerprint density at radius 1 is 1.19 bits per heavy atom. The highest BCUT2D eigenvalue weighted by Gasteiger charge is 2.26. The molecular weight excluding hydrogens is 512 g/mol. The van der Waals surface area contributed by atoms with Crippen molar-refractivity contribution in [2.45, 2.75) is 53.6 Å². The molecule has 4 aromatic heterocycles. The molecule has 0 aliphatic carbocycles. The smallest absolute Gasteiger partial charge is 0.280 e. The lowest BCUT2D eigenvalue weighted by Gasteiger charge is -2.11. The van der Waals surface area contributed by atoms with Crippen LogP contribution in [0.1, 0.15) is 52.2 Å². The third kappa shape index (κ3) is 4.58. The van der Waals surface area contributed by atoms with Gasteiger partial charge >= 0.3 is 0 Å². The number of nitrogens with two attached hydrogens (primary N) is 1. The summed E-state index contributed by atoms with van der Waals surface area (Å²) in [6, 6.07) is 1.27. The van der Waals surface area contributed by atoms with Gasteiger partial charge in [0.15, 0.2) is 0 Å². The molecule has 0 aliphatic rings. The number of nitrogens with one attached hydrogen (secondary N) is 1. The van der Waals surface area contributed by atoms with E-state index in [0.29, 0.717) is 33.8 Å². The van der Waals surface area contributed by atoms with E-state index in [0.717, 1.165) is 22.7 Å². The minimum absolute atomic E-state index is 0.0215. The number of anilines is 1. The van der Waals surface area contributed by atoms with Crippen molar-refractivity contribution < 1.29 is 18.4 Å². The summed E-state index contributed by atoms with van der Waals surface area (Å²) in [6.45, 7) is 8.13. The van der Waals surface area contributed by atoms with Crippen LogP contribution in [-0.2, 0) is 17.9 Å². The average molecular weight is 536 g/mol. The van der Waals surface area contributed by atoms with Gasteiger partial charge in [-0.3, -0.25) is 19.0 Å². The van der Waals surface area contributed by atoms with Crippen LogP contribution in [0.3, 0.4) is 0 Å². The number of hydrogen-bond donors (Lipinski definition) is 2. The summed E-state index contributed by atoms with van der Waals surface area (Å²) >= 11 is 7.04. The molecule has 9 nitrogen and oxygen atoms in total. The lowest BCUT2D eigenvalue weighted by molar-refractivity contribution is -0.116. The first-order chi connectivity index (χ1) is 17.0. The second-order valence-corrected chi connectivity index (χ2v) is 9.59. The van der Waals surface area contributed by atoms with E-state index in [1.807, 2.05) is 13.8 Å². The standard InChI is InChI=1S/C23H24ClF2N7O2S/c1-5-32-11(3)14(9-28-32)13-8-15(21(25)26)29-23-17(13)19(20(36-23)22(27)35)30-16(34)6-7-33-12(4)18(24)10(2)31-33/h8-9,21H,5-7H2,1-4H3,(H2,27,35)(H,30,34). The number of amides is 2. The van der Waals surface area contributed by atoms with Crippen molar-refractivity contribution >= 4 is 50.7 Å². The number of fused-ring (bicyclic) bond motifs is 1. The molecular formula is C23H24ClF2N7O2S. The quantitative estimate of drug-likeness (QED) is 0.328. The van der Waals surface area contributed by atoms with Crippen molar-refractivity contribution in [3.63, 3.8) is 0 Å². The Morgan fingerprint density at radius 3 is 2.47 bits per heavy atom. The highest BCUT2D eigenvalue weighted by molar-refractivity contribution is 7.21. The molecule has 0 spiro atoms. The lowest BCUT2D eigenvalue weighted by atomic mass is 10.0. The minimum Gasteiger partial charge on any atom is -0.365 e. The van der Waals surface area contributed by atoms with E-state index in [1.54, 1.807) is 29.4 Å². The van der Waals surface area contributed by atoms with E-state index < -0.39 is 23.9 Å². The monoisotopic (exact) mass is 535 g/mol. The zero-order valence-corrected chi connectivity index (χ0v) is 21.6. The lowest BCUT2D eigenvalue weighted by Crippen LogP contribution is -2.18. The summed E-state index contributed by atoms with van der Waals surface area (Å²) in [7, 11) is 0. The molecule has 36 heavy (non-hydrogen) atoms. The molecule has 0 radical (unpaired) electrons. The van der Waals surface area contributed by atoms with Crippen LogP contribution >= 0.6 is 22.9 Å². The topological polar surface area (TPSA) is 121 Å². The summed E-state index contributed by atoms with van der Waals surface area (Å²) < 4.78 is 30.8. The van der Waals surface area contributed by atoms with Gasteiger partial charge in [-0.05, 0) is 39.3 Å². The second-order valence-electron chi connectivity index (χ2n) is 8.21. The molecule has 4 heterocycles. The summed E-state index contributed by atoms with van der Waals surface area (Å²) in [5.41, 5.74) is 8.41. The number of rotatable bonds is 8. The summed E-state index contributed by atoms with van der Waals surface area (Å²) in [5, 5.41) is 12.3. The van der Waals surface area contributed by atoms with Crippen LogP contribution in [0.25, 0.3) is 21.3 Å². The van der Waals surface area contributed by atoms with E-state index in [9.17, 15) is 18.4 Å². The Kier molecular flexibility index (Phi) is 7.10. The number of carbonyl (C=O) groups excluding carboxylic acids is 2. The van der Waals surface area contributed by atoms with Gasteiger partial charge < -0.3 is 11.1 Å². The van der Waals surface area contributed by atoms with Gasteiger partial charge in [-0.2, -0.15) is 10.2 Å². The molecule has 0 saturated carbocycles. The van der Waals surface area contributed by atoms with Crippen LogP contribution in [0.2, 0.25) is 5.02 Å². The zero-order chi connectivity index (χ0) is 26.3. The maximum atomic E-state index is 13.7. The molecule has 0 aliphatic heterocycles. The van der Waals surface area contributed by atoms with Gasteiger partial charge in [0.25, 0.3) is 12.3 Å². The fourth-order valence-corrected chi connectivity index (χ4v) is 5.22. The van der Waals surface area contributed by atoms with E-state index >= 15 is 0 Å². The van der Waals surface area contributed by atoms with Crippen LogP contribution in [0.4, 0.5) is 14.5 Å². The molecule has 2 amide bonds. The van der Waals surface area contributed by atoms with Crippen molar-refractivity contribution in [3.05, 3.63) is 44.9 Å². The Labute approximate surface area is 214 Å². The predicted molar refractivity (Wildman–Crippen MR) is 135 cm³/mol. The van der Waals surface area contributed by atoms with Crippen LogP contribution in [-0.4, -0.2) is 36.4 Å². The van der Waals surface area contributed by atoms with Crippen molar-refractivity contribution in [1.29, 1.82) is 0 Å². The van der Waals surface area contributed by atoms with Gasteiger partial charge in [-0.1, -0.05) is 11.6 Å². The van der Waals surface area contributed by atoms with Crippen molar-refractivity contribution in [2.24, 2.45) is 5.73 Å². The van der Waals surface area contributed by atoms with E-state index in [2.05, 4.69) is 20.5 Å². The van der Waals surface area contributed by atoms with E-state index in [-0.39, 0.29) is 28.4 Å². The van der Waals surface area contributed by atoms with Crippen LogP contribution in [0.5, 0.6) is 0 Å². The fraction of sp³-hybridized carbons (Fsp3) is 0.348. The number of carbonyl (C=O) groups is 2. The molecule has 190 valence electrons. The van der Waals surface area contributed by atoms with Gasteiger partial charge in [0.05, 0.1) is 34.8 Å². The molecule has 0 fully saturated rings. The first-order valence-corrected chi connectivity index (χ1v) is 12.3. The summed E-state index contributed by atoms with van der Waals surface area (Å²) in [5.74, 6) is -1.21. The predicted octanol–water partition coefficient (Wildman–Crippen LogP) is 5.02. The number of halogens is 3. The number of alkyl halides is 2. The number of pyridine rings is 1. The normalized spacial score (nSPS) is 11.6. The van der Waals surface area contributed by atoms with Gasteiger partial charge in [0.1, 0.15) is 15.4 Å². The zero-order valence-electron chi connectivity index (χ0n) is 20.0. The molecule has 0 bridgehead atoms. The number of primary amides is 1. The Morgan fingerprint density at radius 2 is 1.92 bits per heavy atom. The first kappa shape index (κ1) is 25.7. The summed E-state index contributed by atoms with van der Waals surface area (Å²) in [6.07, 6.45) is -1.24. The van der Waals surface area contributed by atoms with Crippen molar-refractivity contribution in [1.82, 2.24) is 24.5 Å². The van der Waals surface area contributed by atoms with Gasteiger partial charge in [-0.15, -0.1) is 11.3 Å². The van der Waals surface area contributed by atoms with Gasteiger partial charge in [0, 0.05) is 29.6 Å². The highest BCUT2D eigenvalue weighted by atomic mass is 35.5. The largest absolute Gasteiger partial charge is 0.365 e. The van der Waals surface area contributed by atoms with Crippen LogP contribution in [0.15, 0.2) is 12.3 Å². The van der Waals surface area contributed by atoms with Crippen LogP contribution < -0.4 is 11.1 Å². The van der Waals surface area contributed by atoms with Crippen molar-refractivity contribution in [3.8, 4) is 11.1 Å². The molecule has 0 aromatic carbocycles. The average Bonchev–Trinajstić information content (AvgIpc) is 3.46. The molecule has 0 unspecified atom stereocenters. The molecule has 13 heteroatoms. The van der Waals surface area contributed by atoms with E-state index in [1.165, 1.54) is 6.07 Å². The first-order valence-electron chi connectivity index (χ1n) is 11.1. The maximum Gasteiger partial charge on any atom is 0.280 e. The third-order valence-corrected chi connectivity index (χ3v) is 7.58. The maximum absolute atomic E-state index is 13.7. The summed E-state index contributed by atoms with van der Waals surface area (Å²) in [4.78, 5) is 29.5. The number of thiophene rings is 1. The van der Waals surface area contributed by atoms with Gasteiger partial charge in [0.2, 0.25) is 5.91 Å². The molecule has 4 aromatic rings. The van der Waals surface area contributed by atoms with Gasteiger partial charge in [-0.25, -0.2) is 13.8 Å². The van der Waals surface area contributed by atoms with Crippen LogP contribution in [0, 0.1) is 20.8 Å². The Bertz CT molecular complexity index is 1490. The number of aryl methyl sites for hydroxylation is 3. The van der Waals surface area contributed by atoms with Crippen molar-refractivity contribution in [2.75, 3.05) is 5.32 Å². The second kappa shape index (κ2) is 9.94. The highest BCUT2D eigenvalue weighted by Crippen LogP contribution is 2.43. The third-order valence-electron chi connectivity index (χ3n) is 5.93.